The second-order valence-corrected chi connectivity index (χ2v) is 2.42. The monoisotopic (exact) mass is 153 g/mol. The van der Waals surface area contributed by atoms with Crippen molar-refractivity contribution in [2.45, 2.75) is 12.8 Å². The van der Waals surface area contributed by atoms with E-state index in [0.29, 0.717) is 12.8 Å². The van der Waals surface area contributed by atoms with Gasteiger partial charge in [0.05, 0.1) is 6.54 Å². The van der Waals surface area contributed by atoms with Crippen LogP contribution >= 0.6 is 0 Å². The zero-order chi connectivity index (χ0) is 8.69. The second kappa shape index (κ2) is 5.86. The van der Waals surface area contributed by atoms with Gasteiger partial charge in [0.15, 0.2) is 0 Å². The van der Waals surface area contributed by atoms with Crippen LogP contribution in [0.2, 0.25) is 0 Å². The first-order valence-corrected chi connectivity index (χ1v) is 3.70. The van der Waals surface area contributed by atoms with Crippen LogP contribution < -0.4 is 5.73 Å². The van der Waals surface area contributed by atoms with Crippen LogP contribution in [0.3, 0.4) is 0 Å². The number of ketones is 1. The van der Waals surface area contributed by atoms with Gasteiger partial charge in [-0.15, -0.1) is 13.2 Å². The van der Waals surface area contributed by atoms with E-state index in [9.17, 15) is 4.79 Å². The number of rotatable bonds is 6. The molecule has 0 aromatic rings. The van der Waals surface area contributed by atoms with Crippen molar-refractivity contribution in [3.8, 4) is 0 Å². The molecule has 2 nitrogen and oxygen atoms in total. The highest BCUT2D eigenvalue weighted by molar-refractivity contribution is 5.83. The molecule has 0 radical (unpaired) electrons. The molecule has 0 amide bonds. The van der Waals surface area contributed by atoms with E-state index in [-0.39, 0.29) is 18.2 Å². The third kappa shape index (κ3) is 3.73. The van der Waals surface area contributed by atoms with Crippen molar-refractivity contribution in [3.63, 3.8) is 0 Å². The Morgan fingerprint density at radius 3 is 2.09 bits per heavy atom. The van der Waals surface area contributed by atoms with Crippen LogP contribution in [-0.4, -0.2) is 12.3 Å². The lowest BCUT2D eigenvalue weighted by atomic mass is 9.96. The molecular formula is C9H15NO. The van der Waals surface area contributed by atoms with Gasteiger partial charge in [-0.2, -0.15) is 0 Å². The maximum absolute atomic E-state index is 11.1. The molecule has 2 heteroatoms. The molecule has 0 saturated carbocycles. The van der Waals surface area contributed by atoms with Crippen LogP contribution in [0.25, 0.3) is 0 Å². The van der Waals surface area contributed by atoms with Crippen molar-refractivity contribution >= 4 is 5.78 Å². The van der Waals surface area contributed by atoms with Gasteiger partial charge in [-0.1, -0.05) is 12.2 Å². The number of carbonyl (C=O) groups excluding carboxylic acids is 1. The lowest BCUT2D eigenvalue weighted by molar-refractivity contribution is -0.121. The zero-order valence-electron chi connectivity index (χ0n) is 6.75. The second-order valence-electron chi connectivity index (χ2n) is 2.42. The molecule has 62 valence electrons. The highest BCUT2D eigenvalue weighted by Crippen LogP contribution is 2.10. The summed E-state index contributed by atoms with van der Waals surface area (Å²) in [6, 6.07) is 0. The normalized spacial score (nSPS) is 9.64. The van der Waals surface area contributed by atoms with Gasteiger partial charge in [0.1, 0.15) is 5.78 Å². The Kier molecular flexibility index (Phi) is 5.39. The number of hydrogen-bond acceptors (Lipinski definition) is 2. The maximum Gasteiger partial charge on any atom is 0.150 e. The maximum atomic E-state index is 11.1. The minimum atomic E-state index is -0.00463. The van der Waals surface area contributed by atoms with Gasteiger partial charge in [-0.25, -0.2) is 0 Å². The Bertz CT molecular complexity index is 142. The molecule has 0 bridgehead atoms. The minimum absolute atomic E-state index is 0.00463. The molecule has 2 N–H and O–H groups in total. The van der Waals surface area contributed by atoms with E-state index in [1.165, 1.54) is 0 Å². The zero-order valence-corrected chi connectivity index (χ0v) is 6.75. The molecule has 0 saturated heterocycles. The molecule has 0 atom stereocenters. The van der Waals surface area contributed by atoms with Gasteiger partial charge in [-0.3, -0.25) is 4.79 Å². The molecule has 0 rings (SSSR count). The first kappa shape index (κ1) is 10.1. The Morgan fingerprint density at radius 2 is 1.82 bits per heavy atom. The van der Waals surface area contributed by atoms with Gasteiger partial charge >= 0.3 is 0 Å². The van der Waals surface area contributed by atoms with Gasteiger partial charge in [0.2, 0.25) is 0 Å². The first-order chi connectivity index (χ1) is 5.26. The summed E-state index contributed by atoms with van der Waals surface area (Å²) in [6.07, 6.45) is 4.87. The van der Waals surface area contributed by atoms with Crippen molar-refractivity contribution in [2.75, 3.05) is 6.54 Å². The first-order valence-electron chi connectivity index (χ1n) is 3.70. The van der Waals surface area contributed by atoms with E-state index in [2.05, 4.69) is 13.2 Å². The Morgan fingerprint density at radius 1 is 1.36 bits per heavy atom. The average molecular weight is 153 g/mol. The lowest BCUT2D eigenvalue weighted by Gasteiger charge is -2.08. The van der Waals surface area contributed by atoms with Crippen LogP contribution in [0.15, 0.2) is 25.3 Å². The van der Waals surface area contributed by atoms with Gasteiger partial charge < -0.3 is 5.73 Å². The van der Waals surface area contributed by atoms with Crippen molar-refractivity contribution in [1.82, 2.24) is 0 Å². The number of carbonyl (C=O) groups is 1. The summed E-state index contributed by atoms with van der Waals surface area (Å²) in [4.78, 5) is 11.1. The molecule has 0 fully saturated rings. The van der Waals surface area contributed by atoms with Gasteiger partial charge in [-0.05, 0) is 12.8 Å². The number of Topliss-reactive ketones (excluding diaryl/α,β-unsaturated/α-hetero) is 1. The Labute approximate surface area is 67.8 Å². The third-order valence-corrected chi connectivity index (χ3v) is 1.56. The van der Waals surface area contributed by atoms with Crippen LogP contribution in [0, 0.1) is 5.92 Å². The predicted molar refractivity (Wildman–Crippen MR) is 47.2 cm³/mol. The lowest BCUT2D eigenvalue weighted by Crippen LogP contribution is -2.22. The van der Waals surface area contributed by atoms with Gasteiger partial charge in [0, 0.05) is 5.92 Å². The fourth-order valence-corrected chi connectivity index (χ4v) is 0.928. The molecule has 0 aromatic heterocycles. The van der Waals surface area contributed by atoms with Crippen LogP contribution in [0.4, 0.5) is 0 Å². The topological polar surface area (TPSA) is 43.1 Å². The van der Waals surface area contributed by atoms with Crippen LogP contribution in [0.1, 0.15) is 12.8 Å². The van der Waals surface area contributed by atoms with E-state index in [4.69, 9.17) is 5.73 Å². The van der Waals surface area contributed by atoms with Crippen molar-refractivity contribution in [1.29, 1.82) is 0 Å². The van der Waals surface area contributed by atoms with E-state index in [1.54, 1.807) is 12.2 Å². The Hall–Kier alpha value is -0.890. The van der Waals surface area contributed by atoms with E-state index in [0.717, 1.165) is 0 Å². The molecule has 0 aliphatic rings. The summed E-state index contributed by atoms with van der Waals surface area (Å²) >= 11 is 0. The number of allylic oxidation sites excluding steroid dienone is 2. The van der Waals surface area contributed by atoms with E-state index < -0.39 is 0 Å². The summed E-state index contributed by atoms with van der Waals surface area (Å²) < 4.78 is 0. The Balaban J connectivity index is 3.95. The molecule has 0 heterocycles. The highest BCUT2D eigenvalue weighted by atomic mass is 16.1. The summed E-state index contributed by atoms with van der Waals surface area (Å²) in [5, 5.41) is 0. The van der Waals surface area contributed by atoms with Crippen molar-refractivity contribution < 1.29 is 4.79 Å². The van der Waals surface area contributed by atoms with Crippen molar-refractivity contribution in [2.24, 2.45) is 11.7 Å². The molecular weight excluding hydrogens is 138 g/mol. The van der Waals surface area contributed by atoms with Gasteiger partial charge in [0.25, 0.3) is 0 Å². The molecule has 11 heavy (non-hydrogen) atoms. The smallest absolute Gasteiger partial charge is 0.150 e. The summed E-state index contributed by atoms with van der Waals surface area (Å²) in [7, 11) is 0. The standard InChI is InChI=1S/C9H15NO/c1-3-5-8(6-4-2)9(11)7-10/h3-4,8H,1-2,5-7,10H2. The number of nitrogens with two attached hydrogens (primary N) is 1. The largest absolute Gasteiger partial charge is 0.324 e. The molecule has 0 aromatic carbocycles. The van der Waals surface area contributed by atoms with E-state index in [1.807, 2.05) is 0 Å². The predicted octanol–water partition coefficient (Wildman–Crippen LogP) is 1.28. The fraction of sp³-hybridized carbons (Fsp3) is 0.444. The minimum Gasteiger partial charge on any atom is -0.324 e. The molecule has 0 aliphatic heterocycles. The van der Waals surface area contributed by atoms with Crippen LogP contribution in [0.5, 0.6) is 0 Å². The third-order valence-electron chi connectivity index (χ3n) is 1.56. The number of hydrogen-bond donors (Lipinski definition) is 1. The quantitative estimate of drug-likeness (QED) is 0.584. The summed E-state index contributed by atoms with van der Waals surface area (Å²) in [5.74, 6) is 0.0831. The fourth-order valence-electron chi connectivity index (χ4n) is 0.928. The van der Waals surface area contributed by atoms with Crippen LogP contribution in [-0.2, 0) is 4.79 Å². The molecule has 0 spiro atoms. The molecule has 0 unspecified atom stereocenters. The molecule has 0 aliphatic carbocycles. The summed E-state index contributed by atoms with van der Waals surface area (Å²) in [5.41, 5.74) is 5.22. The summed E-state index contributed by atoms with van der Waals surface area (Å²) in [6.45, 7) is 7.26. The highest BCUT2D eigenvalue weighted by Gasteiger charge is 2.12. The SMILES string of the molecule is C=CCC(CC=C)C(=O)CN. The van der Waals surface area contributed by atoms with E-state index >= 15 is 0 Å². The average Bonchev–Trinajstić information content (AvgIpc) is 2.03. The van der Waals surface area contributed by atoms with Crippen molar-refractivity contribution in [3.05, 3.63) is 25.3 Å².